The van der Waals surface area contributed by atoms with E-state index in [0.29, 0.717) is 6.04 Å². The highest BCUT2D eigenvalue weighted by Gasteiger charge is 2.30. The molecular weight excluding hydrogens is 300 g/mol. The Kier molecular flexibility index (Phi) is 4.30. The van der Waals surface area contributed by atoms with Crippen molar-refractivity contribution in [1.82, 2.24) is 10.1 Å². The number of hydrogen-bond acceptors (Lipinski definition) is 5. The number of aromatic nitrogens is 1. The first-order valence-electron chi connectivity index (χ1n) is 8.60. The van der Waals surface area contributed by atoms with Gasteiger partial charge in [0.15, 0.2) is 0 Å². The van der Waals surface area contributed by atoms with Crippen molar-refractivity contribution in [2.75, 3.05) is 24.1 Å². The summed E-state index contributed by atoms with van der Waals surface area (Å²) in [6.45, 7) is 12.9. The molecule has 0 unspecified atom stereocenters. The highest BCUT2D eigenvalue weighted by Crippen LogP contribution is 2.32. The minimum atomic E-state index is 0.217. The molecule has 5 nitrogen and oxygen atoms in total. The summed E-state index contributed by atoms with van der Waals surface area (Å²) >= 11 is 0. The summed E-state index contributed by atoms with van der Waals surface area (Å²) in [6, 6.07) is 6.60. The van der Waals surface area contributed by atoms with Crippen LogP contribution in [0.5, 0.6) is 0 Å². The number of nitrogen functional groups attached to an aromatic ring is 1. The lowest BCUT2D eigenvalue weighted by molar-refractivity contribution is 0.174. The van der Waals surface area contributed by atoms with Crippen LogP contribution in [0.4, 0.5) is 11.4 Å². The number of rotatable bonds is 3. The number of likely N-dealkylation sites (tertiary alicyclic amines) is 1. The van der Waals surface area contributed by atoms with Crippen LogP contribution in [0.3, 0.4) is 0 Å². The fourth-order valence-electron chi connectivity index (χ4n) is 3.45. The molecule has 24 heavy (non-hydrogen) atoms. The van der Waals surface area contributed by atoms with Crippen LogP contribution in [0.15, 0.2) is 22.7 Å². The molecule has 2 heterocycles. The molecule has 0 radical (unpaired) electrons. The van der Waals surface area contributed by atoms with Gasteiger partial charge in [-0.25, -0.2) is 0 Å². The number of nitrogens with zero attached hydrogens (tertiary/aromatic N) is 2. The summed E-state index contributed by atoms with van der Waals surface area (Å²) < 4.78 is 5.26. The first-order chi connectivity index (χ1) is 11.3. The second-order valence-corrected chi connectivity index (χ2v) is 7.75. The molecule has 1 atom stereocenters. The van der Waals surface area contributed by atoms with Crippen LogP contribution in [0.1, 0.15) is 38.6 Å². The Morgan fingerprint density at radius 2 is 2.04 bits per heavy atom. The molecule has 1 aliphatic rings. The molecule has 1 fully saturated rings. The molecule has 130 valence electrons. The predicted molar refractivity (Wildman–Crippen MR) is 99.2 cm³/mol. The van der Waals surface area contributed by atoms with Crippen molar-refractivity contribution in [2.45, 2.75) is 52.6 Å². The van der Waals surface area contributed by atoms with E-state index in [2.05, 4.69) is 48.3 Å². The number of nitrogens with one attached hydrogen (secondary N) is 1. The van der Waals surface area contributed by atoms with Crippen molar-refractivity contribution in [3.8, 4) is 11.1 Å². The third-order valence-electron chi connectivity index (χ3n) is 4.87. The summed E-state index contributed by atoms with van der Waals surface area (Å²) in [5, 5.41) is 7.63. The number of benzene rings is 1. The van der Waals surface area contributed by atoms with E-state index in [1.54, 1.807) is 0 Å². The Hall–Kier alpha value is -2.01. The van der Waals surface area contributed by atoms with E-state index in [0.717, 1.165) is 53.5 Å². The minimum Gasteiger partial charge on any atom is -0.397 e. The van der Waals surface area contributed by atoms with Crippen LogP contribution >= 0.6 is 0 Å². The van der Waals surface area contributed by atoms with Crippen LogP contribution in [-0.4, -0.2) is 34.7 Å². The number of nitrogens with two attached hydrogens (primary N) is 1. The molecule has 5 heteroatoms. The second kappa shape index (κ2) is 6.13. The molecule has 0 aliphatic carbocycles. The second-order valence-electron chi connectivity index (χ2n) is 7.75. The van der Waals surface area contributed by atoms with Gasteiger partial charge in [-0.1, -0.05) is 11.2 Å². The molecule has 1 saturated heterocycles. The monoisotopic (exact) mass is 328 g/mol. The molecule has 1 aromatic heterocycles. The molecule has 0 saturated carbocycles. The number of anilines is 2. The molecule has 1 aliphatic heterocycles. The van der Waals surface area contributed by atoms with Crippen molar-refractivity contribution in [2.24, 2.45) is 0 Å². The fourth-order valence-corrected chi connectivity index (χ4v) is 3.45. The van der Waals surface area contributed by atoms with Gasteiger partial charge in [-0.2, -0.15) is 0 Å². The summed E-state index contributed by atoms with van der Waals surface area (Å²) in [4.78, 5) is 2.51. The zero-order valence-electron chi connectivity index (χ0n) is 15.3. The molecule has 3 N–H and O–H groups in total. The quantitative estimate of drug-likeness (QED) is 0.838. The van der Waals surface area contributed by atoms with Crippen molar-refractivity contribution in [3.05, 3.63) is 29.7 Å². The first kappa shape index (κ1) is 16.8. The van der Waals surface area contributed by atoms with E-state index in [-0.39, 0.29) is 5.54 Å². The Morgan fingerprint density at radius 3 is 2.58 bits per heavy atom. The Labute approximate surface area is 144 Å². The highest BCUT2D eigenvalue weighted by atomic mass is 16.5. The zero-order chi connectivity index (χ0) is 17.5. The van der Waals surface area contributed by atoms with Gasteiger partial charge in [0.25, 0.3) is 0 Å². The topological polar surface area (TPSA) is 67.3 Å². The predicted octanol–water partition coefficient (Wildman–Crippen LogP) is 3.83. The minimum absolute atomic E-state index is 0.217. The van der Waals surface area contributed by atoms with Gasteiger partial charge in [0, 0.05) is 30.2 Å². The summed E-state index contributed by atoms with van der Waals surface area (Å²) in [7, 11) is 0. The maximum atomic E-state index is 6.30. The molecule has 0 spiro atoms. The van der Waals surface area contributed by atoms with Crippen molar-refractivity contribution in [1.29, 1.82) is 0 Å². The Bertz CT molecular complexity index is 710. The van der Waals surface area contributed by atoms with Crippen LogP contribution in [0.2, 0.25) is 0 Å². The molecule has 0 amide bonds. The summed E-state index contributed by atoms with van der Waals surface area (Å²) in [5.74, 6) is 0.823. The lowest BCUT2D eigenvalue weighted by Crippen LogP contribution is -2.40. The average molecular weight is 328 g/mol. The van der Waals surface area contributed by atoms with Gasteiger partial charge in [-0.05, 0) is 58.7 Å². The Morgan fingerprint density at radius 1 is 1.29 bits per heavy atom. The third-order valence-corrected chi connectivity index (χ3v) is 4.87. The third kappa shape index (κ3) is 3.26. The summed E-state index contributed by atoms with van der Waals surface area (Å²) in [6.07, 6.45) is 1.14. The molecule has 3 rings (SSSR count). The summed E-state index contributed by atoms with van der Waals surface area (Å²) in [5.41, 5.74) is 11.3. The normalized spacial score (nSPS) is 19.0. The van der Waals surface area contributed by atoms with Gasteiger partial charge in [0.1, 0.15) is 5.76 Å². The van der Waals surface area contributed by atoms with Gasteiger partial charge < -0.3 is 15.6 Å². The molecule has 0 bridgehead atoms. The maximum Gasteiger partial charge on any atom is 0.141 e. The van der Waals surface area contributed by atoms with Crippen LogP contribution < -0.4 is 11.1 Å². The van der Waals surface area contributed by atoms with Crippen LogP contribution in [-0.2, 0) is 0 Å². The van der Waals surface area contributed by atoms with Gasteiger partial charge in [-0.15, -0.1) is 0 Å². The molecular formula is C19H28N4O. The fraction of sp³-hybridized carbons (Fsp3) is 0.526. The van der Waals surface area contributed by atoms with E-state index < -0.39 is 0 Å². The molecule has 2 aromatic rings. The maximum absolute atomic E-state index is 6.30. The van der Waals surface area contributed by atoms with Crippen molar-refractivity contribution >= 4 is 11.4 Å². The van der Waals surface area contributed by atoms with E-state index in [1.165, 1.54) is 0 Å². The lowest BCUT2D eigenvalue weighted by atomic mass is 10.0. The van der Waals surface area contributed by atoms with Gasteiger partial charge in [0.2, 0.25) is 0 Å². The van der Waals surface area contributed by atoms with Crippen molar-refractivity contribution < 1.29 is 4.52 Å². The number of aryl methyl sites for hydroxylation is 2. The Balaban J connectivity index is 1.75. The van der Waals surface area contributed by atoms with Crippen molar-refractivity contribution in [3.63, 3.8) is 0 Å². The molecule has 1 aromatic carbocycles. The zero-order valence-corrected chi connectivity index (χ0v) is 15.3. The SMILES string of the molecule is Cc1noc(C)c1-c1ccc(N[C@@H]2CCN(C(C)(C)C)C2)c(N)c1. The largest absolute Gasteiger partial charge is 0.397 e. The number of hydrogen-bond donors (Lipinski definition) is 2. The standard InChI is InChI=1S/C19H28N4O/c1-12-18(13(2)24-22-12)14-6-7-17(16(20)10-14)21-15-8-9-23(11-15)19(3,4)5/h6-7,10,15,21H,8-9,11,20H2,1-5H3/t15-/m1/s1. The van der Waals surface area contributed by atoms with E-state index >= 15 is 0 Å². The van der Waals surface area contributed by atoms with E-state index in [1.807, 2.05) is 19.9 Å². The first-order valence-corrected chi connectivity index (χ1v) is 8.60. The van der Waals surface area contributed by atoms with E-state index in [4.69, 9.17) is 10.3 Å². The highest BCUT2D eigenvalue weighted by molar-refractivity contribution is 5.77. The van der Waals surface area contributed by atoms with Gasteiger partial charge in [-0.3, -0.25) is 4.90 Å². The van der Waals surface area contributed by atoms with Crippen LogP contribution in [0, 0.1) is 13.8 Å². The van der Waals surface area contributed by atoms with Gasteiger partial charge >= 0.3 is 0 Å². The average Bonchev–Trinajstić information content (AvgIpc) is 3.08. The van der Waals surface area contributed by atoms with Crippen LogP contribution in [0.25, 0.3) is 11.1 Å². The van der Waals surface area contributed by atoms with E-state index in [9.17, 15) is 0 Å². The smallest absolute Gasteiger partial charge is 0.141 e. The lowest BCUT2D eigenvalue weighted by Gasteiger charge is -2.31. The van der Waals surface area contributed by atoms with Gasteiger partial charge in [0.05, 0.1) is 17.1 Å².